The molecule has 0 aliphatic carbocycles. The van der Waals surface area contributed by atoms with E-state index in [1.165, 1.54) is 13.4 Å². The first-order valence-corrected chi connectivity index (χ1v) is 5.59. The number of aliphatic hydroxyl groups excluding tert-OH is 1. The predicted molar refractivity (Wildman–Crippen MR) is 62.6 cm³/mol. The fourth-order valence-electron chi connectivity index (χ4n) is 1.50. The number of hydrogen-bond acceptors (Lipinski definition) is 5. The van der Waals surface area contributed by atoms with Crippen molar-refractivity contribution in [3.05, 3.63) is 23.7 Å². The summed E-state index contributed by atoms with van der Waals surface area (Å²) in [6.07, 6.45) is 1.45. The van der Waals surface area contributed by atoms with Crippen molar-refractivity contribution < 1.29 is 19.1 Å². The van der Waals surface area contributed by atoms with Crippen LogP contribution < -0.4 is 5.32 Å². The Labute approximate surface area is 101 Å². The van der Waals surface area contributed by atoms with E-state index in [0.29, 0.717) is 12.5 Å². The van der Waals surface area contributed by atoms with Gasteiger partial charge in [-0.3, -0.25) is 0 Å². The molecule has 5 nitrogen and oxygen atoms in total. The van der Waals surface area contributed by atoms with E-state index in [2.05, 4.69) is 10.1 Å². The van der Waals surface area contributed by atoms with Gasteiger partial charge in [0.15, 0.2) is 0 Å². The first-order chi connectivity index (χ1) is 8.10. The lowest BCUT2D eigenvalue weighted by atomic mass is 10.1. The van der Waals surface area contributed by atoms with E-state index in [4.69, 9.17) is 4.42 Å². The molecule has 96 valence electrons. The van der Waals surface area contributed by atoms with Crippen LogP contribution in [0.4, 0.5) is 0 Å². The minimum Gasteiger partial charge on any atom is -0.463 e. The predicted octanol–water partition coefficient (Wildman–Crippen LogP) is 1.17. The molecule has 0 aromatic carbocycles. The van der Waals surface area contributed by atoms with Gasteiger partial charge in [-0.05, 0) is 12.0 Å². The number of carbonyl (C=O) groups is 1. The molecule has 0 aliphatic rings. The standard InChI is InChI=1S/C12H19NO4/c1-8(2)10(7-14)13-6-9-4-5-17-11(9)12(15)16-3/h4-5,8,10,13-14H,6-7H2,1-3H3. The maximum Gasteiger partial charge on any atom is 0.374 e. The van der Waals surface area contributed by atoms with Crippen LogP contribution >= 0.6 is 0 Å². The van der Waals surface area contributed by atoms with Crippen LogP contribution in [0.25, 0.3) is 0 Å². The molecule has 0 saturated heterocycles. The normalized spacial score (nSPS) is 12.8. The van der Waals surface area contributed by atoms with Crippen molar-refractivity contribution in [2.45, 2.75) is 26.4 Å². The Morgan fingerprint density at radius 2 is 2.29 bits per heavy atom. The molecule has 2 N–H and O–H groups in total. The molecule has 0 saturated carbocycles. The van der Waals surface area contributed by atoms with Crippen molar-refractivity contribution in [2.75, 3.05) is 13.7 Å². The van der Waals surface area contributed by atoms with Gasteiger partial charge in [0, 0.05) is 18.2 Å². The van der Waals surface area contributed by atoms with Gasteiger partial charge in [0.25, 0.3) is 0 Å². The first kappa shape index (κ1) is 13.7. The van der Waals surface area contributed by atoms with Crippen LogP contribution in [0.2, 0.25) is 0 Å². The van der Waals surface area contributed by atoms with E-state index < -0.39 is 5.97 Å². The Hall–Kier alpha value is -1.33. The van der Waals surface area contributed by atoms with Crippen LogP contribution in [-0.2, 0) is 11.3 Å². The molecule has 0 bridgehead atoms. The zero-order valence-electron chi connectivity index (χ0n) is 10.4. The second-order valence-electron chi connectivity index (χ2n) is 4.18. The summed E-state index contributed by atoms with van der Waals surface area (Å²) in [6.45, 7) is 4.56. The Morgan fingerprint density at radius 1 is 1.59 bits per heavy atom. The van der Waals surface area contributed by atoms with Crippen LogP contribution in [0.1, 0.15) is 30.0 Å². The van der Waals surface area contributed by atoms with Crippen LogP contribution in [0.5, 0.6) is 0 Å². The van der Waals surface area contributed by atoms with Crippen molar-refractivity contribution in [2.24, 2.45) is 5.92 Å². The summed E-state index contributed by atoms with van der Waals surface area (Å²) in [5.41, 5.74) is 0.732. The van der Waals surface area contributed by atoms with Crippen molar-refractivity contribution in [1.82, 2.24) is 5.32 Å². The summed E-state index contributed by atoms with van der Waals surface area (Å²) >= 11 is 0. The van der Waals surface area contributed by atoms with Gasteiger partial charge in [0.1, 0.15) is 0 Å². The highest BCUT2D eigenvalue weighted by Crippen LogP contribution is 2.12. The van der Waals surface area contributed by atoms with E-state index in [0.717, 1.165) is 5.56 Å². The molecule has 1 heterocycles. The Bertz CT molecular complexity index is 359. The average Bonchev–Trinajstić information content (AvgIpc) is 2.76. The second kappa shape index (κ2) is 6.42. The smallest absolute Gasteiger partial charge is 0.374 e. The van der Waals surface area contributed by atoms with Crippen LogP contribution in [0, 0.1) is 5.92 Å². The van der Waals surface area contributed by atoms with Crippen LogP contribution in [0.15, 0.2) is 16.7 Å². The number of hydrogen-bond donors (Lipinski definition) is 2. The third kappa shape index (κ3) is 3.57. The number of esters is 1. The average molecular weight is 241 g/mol. The van der Waals surface area contributed by atoms with Gasteiger partial charge in [-0.15, -0.1) is 0 Å². The molecule has 1 atom stereocenters. The molecular weight excluding hydrogens is 222 g/mol. The quantitative estimate of drug-likeness (QED) is 0.731. The summed E-state index contributed by atoms with van der Waals surface area (Å²) < 4.78 is 9.67. The Kier molecular flexibility index (Phi) is 5.18. The largest absolute Gasteiger partial charge is 0.463 e. The lowest BCUT2D eigenvalue weighted by Crippen LogP contribution is -2.36. The van der Waals surface area contributed by atoms with Gasteiger partial charge in [0.2, 0.25) is 5.76 Å². The lowest BCUT2D eigenvalue weighted by Gasteiger charge is -2.19. The summed E-state index contributed by atoms with van der Waals surface area (Å²) in [7, 11) is 1.31. The van der Waals surface area contributed by atoms with Gasteiger partial charge in [-0.1, -0.05) is 13.8 Å². The summed E-state index contributed by atoms with van der Waals surface area (Å²) in [5, 5.41) is 12.3. The van der Waals surface area contributed by atoms with E-state index in [9.17, 15) is 9.90 Å². The van der Waals surface area contributed by atoms with Gasteiger partial charge in [0.05, 0.1) is 20.0 Å². The van der Waals surface area contributed by atoms with E-state index in [-0.39, 0.29) is 18.4 Å². The van der Waals surface area contributed by atoms with Gasteiger partial charge < -0.3 is 19.6 Å². The SMILES string of the molecule is COC(=O)c1occc1CNC(CO)C(C)C. The zero-order valence-corrected chi connectivity index (χ0v) is 10.4. The van der Waals surface area contributed by atoms with Gasteiger partial charge in [-0.25, -0.2) is 4.79 Å². The van der Waals surface area contributed by atoms with Crippen LogP contribution in [0.3, 0.4) is 0 Å². The number of nitrogens with one attached hydrogen (secondary N) is 1. The van der Waals surface area contributed by atoms with Crippen molar-refractivity contribution in [3.63, 3.8) is 0 Å². The Morgan fingerprint density at radius 3 is 2.82 bits per heavy atom. The highest BCUT2D eigenvalue weighted by molar-refractivity contribution is 5.87. The number of methoxy groups -OCH3 is 1. The first-order valence-electron chi connectivity index (χ1n) is 5.59. The third-order valence-corrected chi connectivity index (χ3v) is 2.67. The number of carbonyl (C=O) groups excluding carboxylic acids is 1. The van der Waals surface area contributed by atoms with Crippen molar-refractivity contribution in [3.8, 4) is 0 Å². The molecule has 1 rings (SSSR count). The number of furan rings is 1. The Balaban J connectivity index is 2.63. The molecule has 1 aromatic rings. The molecule has 0 radical (unpaired) electrons. The molecule has 17 heavy (non-hydrogen) atoms. The molecular formula is C12H19NO4. The maximum absolute atomic E-state index is 11.4. The topological polar surface area (TPSA) is 71.7 Å². The second-order valence-corrected chi connectivity index (χ2v) is 4.18. The fourth-order valence-corrected chi connectivity index (χ4v) is 1.50. The van der Waals surface area contributed by atoms with Crippen LogP contribution in [-0.4, -0.2) is 30.8 Å². The highest BCUT2D eigenvalue weighted by Gasteiger charge is 2.17. The molecule has 0 aliphatic heterocycles. The number of aliphatic hydroxyl groups is 1. The molecule has 0 spiro atoms. The third-order valence-electron chi connectivity index (χ3n) is 2.67. The monoisotopic (exact) mass is 241 g/mol. The molecule has 5 heteroatoms. The highest BCUT2D eigenvalue weighted by atomic mass is 16.5. The minimum atomic E-state index is -0.489. The minimum absolute atomic E-state index is 0.00426. The number of ether oxygens (including phenoxy) is 1. The molecule has 1 aromatic heterocycles. The molecule has 0 amide bonds. The molecule has 0 fully saturated rings. The van der Waals surface area contributed by atoms with E-state index in [1.54, 1.807) is 6.07 Å². The van der Waals surface area contributed by atoms with Crippen molar-refractivity contribution >= 4 is 5.97 Å². The van der Waals surface area contributed by atoms with Gasteiger partial charge >= 0.3 is 5.97 Å². The fraction of sp³-hybridized carbons (Fsp3) is 0.583. The van der Waals surface area contributed by atoms with E-state index in [1.807, 2.05) is 13.8 Å². The van der Waals surface area contributed by atoms with Gasteiger partial charge in [-0.2, -0.15) is 0 Å². The zero-order chi connectivity index (χ0) is 12.8. The summed E-state index contributed by atoms with van der Waals surface area (Å²) in [5.74, 6) is 0.0332. The van der Waals surface area contributed by atoms with E-state index >= 15 is 0 Å². The summed E-state index contributed by atoms with van der Waals surface area (Å²) in [4.78, 5) is 11.4. The summed E-state index contributed by atoms with van der Waals surface area (Å²) in [6, 6.07) is 1.71. The maximum atomic E-state index is 11.4. The number of rotatable bonds is 6. The molecule has 1 unspecified atom stereocenters. The lowest BCUT2D eigenvalue weighted by molar-refractivity contribution is 0.0563. The van der Waals surface area contributed by atoms with Crippen molar-refractivity contribution in [1.29, 1.82) is 0 Å².